The average Bonchev–Trinajstić information content (AvgIpc) is 2.99. The largest absolute Gasteiger partial charge is 0.379 e. The molecule has 3 heteroatoms. The number of rotatable bonds is 4. The highest BCUT2D eigenvalue weighted by molar-refractivity contribution is 7.07. The van der Waals surface area contributed by atoms with Gasteiger partial charge >= 0.3 is 0 Å². The number of nitrogens with one attached hydrogen (secondary N) is 1. The van der Waals surface area contributed by atoms with Gasteiger partial charge in [-0.1, -0.05) is 53.3 Å². The molecule has 0 aliphatic carbocycles. The minimum absolute atomic E-state index is 0.0440. The monoisotopic (exact) mass is 285 g/mol. The maximum Gasteiger partial charge on any atom is 0.151 e. The van der Waals surface area contributed by atoms with Crippen LogP contribution in [0.5, 0.6) is 0 Å². The first-order chi connectivity index (χ1) is 9.07. The second-order valence-corrected chi connectivity index (χ2v) is 4.11. The summed E-state index contributed by atoms with van der Waals surface area (Å²) in [6.45, 7) is 17.1. The summed E-state index contributed by atoms with van der Waals surface area (Å²) in [4.78, 5) is 10.8. The summed E-state index contributed by atoms with van der Waals surface area (Å²) in [5, 5.41) is 7.07. The van der Waals surface area contributed by atoms with Crippen LogP contribution in [0.3, 0.4) is 0 Å². The molecule has 0 fully saturated rings. The molecule has 1 N–H and O–H groups in total. The van der Waals surface area contributed by atoms with Crippen molar-refractivity contribution in [3.05, 3.63) is 35.2 Å². The molecule has 0 unspecified atom stereocenters. The molecule has 0 aliphatic heterocycles. The van der Waals surface area contributed by atoms with Crippen LogP contribution in [0, 0.1) is 0 Å². The third kappa shape index (κ3) is 19.4. The van der Waals surface area contributed by atoms with Gasteiger partial charge in [0.2, 0.25) is 0 Å². The summed E-state index contributed by atoms with van der Waals surface area (Å²) in [6.07, 6.45) is 0.822. The molecule has 0 aromatic carbocycles. The first kappa shape index (κ1) is 23.0. The molecular formula is C16H31NOS. The van der Waals surface area contributed by atoms with Crippen LogP contribution in [0.15, 0.2) is 35.2 Å². The molecule has 1 aromatic rings. The van der Waals surface area contributed by atoms with Crippen molar-refractivity contribution in [1.82, 2.24) is 5.32 Å². The molecule has 1 atom stereocenters. The van der Waals surface area contributed by atoms with E-state index in [1.54, 1.807) is 18.3 Å². The van der Waals surface area contributed by atoms with E-state index in [4.69, 9.17) is 0 Å². The lowest BCUT2D eigenvalue weighted by Gasteiger charge is -2.13. The number of thiophene rings is 1. The van der Waals surface area contributed by atoms with E-state index in [0.717, 1.165) is 12.1 Å². The Labute approximate surface area is 123 Å². The Morgan fingerprint density at radius 1 is 1.16 bits per heavy atom. The number of hydrogen-bond acceptors (Lipinski definition) is 3. The minimum atomic E-state index is -0.0440. The fourth-order valence-electron chi connectivity index (χ4n) is 1.02. The molecule has 1 rings (SSSR count). The van der Waals surface area contributed by atoms with Crippen molar-refractivity contribution in [1.29, 1.82) is 0 Å². The summed E-state index contributed by atoms with van der Waals surface area (Å²) >= 11 is 1.71. The van der Waals surface area contributed by atoms with Crippen LogP contribution in [0.25, 0.3) is 0 Å². The Kier molecular flexibility index (Phi) is 23.3. The molecule has 0 spiro atoms. The van der Waals surface area contributed by atoms with Crippen LogP contribution in [0.4, 0.5) is 0 Å². The normalized spacial score (nSPS) is 9.21. The zero-order valence-electron chi connectivity index (χ0n) is 13.6. The van der Waals surface area contributed by atoms with E-state index >= 15 is 0 Å². The molecule has 2 nitrogen and oxygen atoms in total. The topological polar surface area (TPSA) is 29.1 Å². The second-order valence-electron chi connectivity index (χ2n) is 3.29. The molecule has 1 heterocycles. The number of carbonyl (C=O) groups excluding carboxylic acids is 1. The molecule has 1 aromatic heterocycles. The van der Waals surface area contributed by atoms with Crippen LogP contribution in [-0.4, -0.2) is 11.8 Å². The van der Waals surface area contributed by atoms with Crippen molar-refractivity contribution < 1.29 is 4.79 Å². The minimum Gasteiger partial charge on any atom is -0.379 e. The SMILES string of the molecule is C=C(C)N[C@@H](CC)C(C)=O.CC.CC.c1ccsc1. The second kappa shape index (κ2) is 19.3. The van der Waals surface area contributed by atoms with Gasteiger partial charge in [-0.15, -0.1) is 0 Å². The van der Waals surface area contributed by atoms with E-state index in [-0.39, 0.29) is 11.8 Å². The van der Waals surface area contributed by atoms with Gasteiger partial charge in [-0.05, 0) is 31.0 Å². The molecule has 0 saturated carbocycles. The third-order valence-electron chi connectivity index (χ3n) is 1.74. The zero-order chi connectivity index (χ0) is 15.7. The van der Waals surface area contributed by atoms with E-state index in [1.807, 2.05) is 64.4 Å². The molecule has 0 amide bonds. The van der Waals surface area contributed by atoms with Gasteiger partial charge in [0.1, 0.15) is 0 Å². The van der Waals surface area contributed by atoms with Gasteiger partial charge in [0.05, 0.1) is 6.04 Å². The Morgan fingerprint density at radius 3 is 1.68 bits per heavy atom. The van der Waals surface area contributed by atoms with Gasteiger partial charge in [0, 0.05) is 5.70 Å². The lowest BCUT2D eigenvalue weighted by atomic mass is 10.1. The number of allylic oxidation sites excluding steroid dienone is 1. The number of hydrogen-bond donors (Lipinski definition) is 1. The predicted molar refractivity (Wildman–Crippen MR) is 89.7 cm³/mol. The molecule has 0 bridgehead atoms. The van der Waals surface area contributed by atoms with Crippen LogP contribution in [0.2, 0.25) is 0 Å². The number of ketones is 1. The Balaban J connectivity index is -0.000000236. The summed E-state index contributed by atoms with van der Waals surface area (Å²) in [6, 6.07) is 3.99. The van der Waals surface area contributed by atoms with Crippen LogP contribution in [-0.2, 0) is 4.79 Å². The van der Waals surface area contributed by atoms with E-state index in [0.29, 0.717) is 0 Å². The highest BCUT2D eigenvalue weighted by Gasteiger charge is 2.08. The van der Waals surface area contributed by atoms with Crippen LogP contribution in [0.1, 0.15) is 54.9 Å². The summed E-state index contributed by atoms with van der Waals surface area (Å²) in [5.74, 6) is 0.172. The predicted octanol–water partition coefficient (Wildman–Crippen LogP) is 5.28. The number of carbonyl (C=O) groups is 1. The maximum atomic E-state index is 10.8. The Morgan fingerprint density at radius 2 is 1.58 bits per heavy atom. The standard InChI is InChI=1S/C8H15NO.C4H4S.2C2H6/c1-5-8(7(4)10)9-6(2)3;1-2-4-5-3-1;2*1-2/h8-9H,2,5H2,1,3-4H3;1-4H;2*1-2H3/t8-;;;/m0.../s1. The van der Waals surface area contributed by atoms with Crippen LogP contribution < -0.4 is 5.32 Å². The highest BCUT2D eigenvalue weighted by atomic mass is 32.1. The molecule has 112 valence electrons. The maximum absolute atomic E-state index is 10.8. The lowest BCUT2D eigenvalue weighted by Crippen LogP contribution is -2.32. The van der Waals surface area contributed by atoms with Crippen molar-refractivity contribution in [2.45, 2.75) is 60.9 Å². The molecule has 0 radical (unpaired) electrons. The van der Waals surface area contributed by atoms with Crippen LogP contribution >= 0.6 is 11.3 Å². The van der Waals surface area contributed by atoms with Gasteiger partial charge in [0.25, 0.3) is 0 Å². The van der Waals surface area contributed by atoms with Gasteiger partial charge in [0.15, 0.2) is 5.78 Å². The Hall–Kier alpha value is -1.09. The fourth-order valence-corrected chi connectivity index (χ4v) is 1.47. The van der Waals surface area contributed by atoms with E-state index in [2.05, 4.69) is 11.9 Å². The van der Waals surface area contributed by atoms with Gasteiger partial charge < -0.3 is 5.32 Å². The highest BCUT2D eigenvalue weighted by Crippen LogP contribution is 1.94. The summed E-state index contributed by atoms with van der Waals surface area (Å²) < 4.78 is 0. The molecule has 19 heavy (non-hydrogen) atoms. The van der Waals surface area contributed by atoms with E-state index < -0.39 is 0 Å². The van der Waals surface area contributed by atoms with Gasteiger partial charge in [-0.2, -0.15) is 11.3 Å². The van der Waals surface area contributed by atoms with Gasteiger partial charge in [-0.3, -0.25) is 4.79 Å². The molecular weight excluding hydrogens is 254 g/mol. The molecule has 0 saturated heterocycles. The third-order valence-corrected chi connectivity index (χ3v) is 2.37. The van der Waals surface area contributed by atoms with Crippen molar-refractivity contribution in [3.8, 4) is 0 Å². The Bertz CT molecular complexity index is 264. The van der Waals surface area contributed by atoms with Crippen molar-refractivity contribution in [2.75, 3.05) is 0 Å². The molecule has 0 aliphatic rings. The quantitative estimate of drug-likeness (QED) is 0.815. The fraction of sp³-hybridized carbons (Fsp3) is 0.562. The first-order valence-corrected chi connectivity index (χ1v) is 7.91. The first-order valence-electron chi connectivity index (χ1n) is 6.97. The van der Waals surface area contributed by atoms with E-state index in [1.165, 1.54) is 0 Å². The zero-order valence-corrected chi connectivity index (χ0v) is 14.4. The van der Waals surface area contributed by atoms with Crippen molar-refractivity contribution in [3.63, 3.8) is 0 Å². The van der Waals surface area contributed by atoms with Crippen molar-refractivity contribution >= 4 is 17.1 Å². The van der Waals surface area contributed by atoms with E-state index in [9.17, 15) is 4.79 Å². The van der Waals surface area contributed by atoms with Gasteiger partial charge in [-0.25, -0.2) is 0 Å². The lowest BCUT2D eigenvalue weighted by molar-refractivity contribution is -0.118. The van der Waals surface area contributed by atoms with Crippen molar-refractivity contribution in [2.24, 2.45) is 0 Å². The summed E-state index contributed by atoms with van der Waals surface area (Å²) in [5.41, 5.74) is 0.849. The summed E-state index contributed by atoms with van der Waals surface area (Å²) in [7, 11) is 0. The average molecular weight is 285 g/mol. The smallest absolute Gasteiger partial charge is 0.151 e. The number of Topliss-reactive ketones (excluding diaryl/α,β-unsaturated/α-hetero) is 1.